The van der Waals surface area contributed by atoms with E-state index < -0.39 is 0 Å². The van der Waals surface area contributed by atoms with Gasteiger partial charge in [-0.3, -0.25) is 0 Å². The first-order chi connectivity index (χ1) is 10.8. The Morgan fingerprint density at radius 3 is 2.59 bits per heavy atom. The van der Waals surface area contributed by atoms with E-state index in [0.29, 0.717) is 19.0 Å². The van der Waals surface area contributed by atoms with Gasteiger partial charge in [0.25, 0.3) is 0 Å². The topological polar surface area (TPSA) is 61.4 Å². The largest absolute Gasteiger partial charge is 0.396 e. The van der Waals surface area contributed by atoms with E-state index in [-0.39, 0.29) is 12.6 Å². The van der Waals surface area contributed by atoms with Crippen molar-refractivity contribution >= 4 is 17.4 Å². The molecule has 3 N–H and O–H groups in total. The Morgan fingerprint density at radius 1 is 1.09 bits per heavy atom. The van der Waals surface area contributed by atoms with Crippen molar-refractivity contribution in [3.05, 3.63) is 58.3 Å². The standard InChI is InChI=1S/C17H22N2O2S/c20-11-9-15(16-7-4-12-22-16)8-10-18-17(21)19-13-14-5-2-1-3-6-14/h1-7,12,15,20H,8-11,13H2,(H2,18,19,21)/t15-/m1/s1. The van der Waals surface area contributed by atoms with Crippen LogP contribution in [0.1, 0.15) is 29.2 Å². The number of hydrogen-bond acceptors (Lipinski definition) is 3. The van der Waals surface area contributed by atoms with Gasteiger partial charge in [0.05, 0.1) is 0 Å². The molecule has 1 heterocycles. The molecule has 0 radical (unpaired) electrons. The second-order valence-electron chi connectivity index (χ2n) is 5.11. The van der Waals surface area contributed by atoms with E-state index in [1.54, 1.807) is 11.3 Å². The van der Waals surface area contributed by atoms with Crippen LogP contribution in [0, 0.1) is 0 Å². The maximum absolute atomic E-state index is 11.8. The van der Waals surface area contributed by atoms with Gasteiger partial charge in [0.1, 0.15) is 0 Å². The summed E-state index contributed by atoms with van der Waals surface area (Å²) < 4.78 is 0. The van der Waals surface area contributed by atoms with Gasteiger partial charge in [0, 0.05) is 24.6 Å². The van der Waals surface area contributed by atoms with Gasteiger partial charge in [0.2, 0.25) is 0 Å². The number of thiophene rings is 1. The summed E-state index contributed by atoms with van der Waals surface area (Å²) in [6, 6.07) is 13.8. The summed E-state index contributed by atoms with van der Waals surface area (Å²) in [5, 5.41) is 16.9. The molecule has 2 rings (SSSR count). The third-order valence-corrected chi connectivity index (χ3v) is 4.53. The summed E-state index contributed by atoms with van der Waals surface area (Å²) in [5.74, 6) is 0.305. The molecule has 0 aliphatic carbocycles. The van der Waals surface area contributed by atoms with Gasteiger partial charge in [-0.05, 0) is 35.8 Å². The highest BCUT2D eigenvalue weighted by molar-refractivity contribution is 7.10. The second kappa shape index (κ2) is 9.23. The summed E-state index contributed by atoms with van der Waals surface area (Å²) in [7, 11) is 0. The molecule has 0 aliphatic rings. The minimum atomic E-state index is -0.155. The molecular weight excluding hydrogens is 296 g/mol. The van der Waals surface area contributed by atoms with Crippen LogP contribution in [-0.2, 0) is 6.54 Å². The lowest BCUT2D eigenvalue weighted by atomic mass is 10.00. The zero-order valence-corrected chi connectivity index (χ0v) is 13.3. The maximum Gasteiger partial charge on any atom is 0.315 e. The summed E-state index contributed by atoms with van der Waals surface area (Å²) in [4.78, 5) is 13.0. The summed E-state index contributed by atoms with van der Waals surface area (Å²) in [6.45, 7) is 1.30. The lowest BCUT2D eigenvalue weighted by Gasteiger charge is -2.15. The fourth-order valence-corrected chi connectivity index (χ4v) is 3.21. The smallest absolute Gasteiger partial charge is 0.315 e. The Balaban J connectivity index is 1.69. The van der Waals surface area contributed by atoms with Crippen molar-refractivity contribution in [3.8, 4) is 0 Å². The Hall–Kier alpha value is -1.85. The Bertz CT molecular complexity index is 543. The van der Waals surface area contributed by atoms with Crippen molar-refractivity contribution < 1.29 is 9.90 Å². The van der Waals surface area contributed by atoms with Crippen molar-refractivity contribution in [2.24, 2.45) is 0 Å². The van der Waals surface area contributed by atoms with Crippen LogP contribution < -0.4 is 10.6 Å². The SMILES string of the molecule is O=C(NCC[C@H](CCO)c1cccs1)NCc1ccccc1. The van der Waals surface area contributed by atoms with E-state index in [1.165, 1.54) is 4.88 Å². The third kappa shape index (κ3) is 5.50. The number of hydrogen-bond donors (Lipinski definition) is 3. The van der Waals surface area contributed by atoms with Crippen molar-refractivity contribution in [2.75, 3.05) is 13.2 Å². The molecule has 0 bridgehead atoms. The zero-order chi connectivity index (χ0) is 15.6. The van der Waals surface area contributed by atoms with Crippen LogP contribution in [0.5, 0.6) is 0 Å². The van der Waals surface area contributed by atoms with Crippen LogP contribution in [0.3, 0.4) is 0 Å². The molecule has 0 fully saturated rings. The molecule has 5 heteroatoms. The summed E-state index contributed by atoms with van der Waals surface area (Å²) in [5.41, 5.74) is 1.08. The summed E-state index contributed by atoms with van der Waals surface area (Å²) in [6.07, 6.45) is 1.56. The number of rotatable bonds is 8. The van der Waals surface area contributed by atoms with E-state index in [2.05, 4.69) is 16.7 Å². The van der Waals surface area contributed by atoms with Crippen LogP contribution in [-0.4, -0.2) is 24.3 Å². The van der Waals surface area contributed by atoms with Crippen LogP contribution >= 0.6 is 11.3 Å². The van der Waals surface area contributed by atoms with Crippen molar-refractivity contribution in [3.63, 3.8) is 0 Å². The van der Waals surface area contributed by atoms with Crippen molar-refractivity contribution in [1.29, 1.82) is 0 Å². The van der Waals surface area contributed by atoms with E-state index in [9.17, 15) is 4.79 Å². The zero-order valence-electron chi connectivity index (χ0n) is 12.5. The second-order valence-corrected chi connectivity index (χ2v) is 6.09. The molecule has 0 aliphatic heterocycles. The summed E-state index contributed by atoms with van der Waals surface area (Å²) >= 11 is 1.70. The molecule has 0 saturated heterocycles. The molecule has 2 amide bonds. The normalized spacial score (nSPS) is 11.9. The highest BCUT2D eigenvalue weighted by Crippen LogP contribution is 2.26. The molecule has 22 heavy (non-hydrogen) atoms. The molecule has 0 unspecified atom stereocenters. The van der Waals surface area contributed by atoms with E-state index >= 15 is 0 Å². The number of benzene rings is 1. The van der Waals surface area contributed by atoms with Gasteiger partial charge in [-0.15, -0.1) is 11.3 Å². The monoisotopic (exact) mass is 318 g/mol. The van der Waals surface area contributed by atoms with Gasteiger partial charge in [0.15, 0.2) is 0 Å². The highest BCUT2D eigenvalue weighted by Gasteiger charge is 2.12. The quantitative estimate of drug-likeness (QED) is 0.700. The van der Waals surface area contributed by atoms with Gasteiger partial charge >= 0.3 is 6.03 Å². The number of amides is 2. The van der Waals surface area contributed by atoms with Gasteiger partial charge in [-0.1, -0.05) is 36.4 Å². The van der Waals surface area contributed by atoms with Crippen LogP contribution in [0.2, 0.25) is 0 Å². The van der Waals surface area contributed by atoms with Crippen LogP contribution in [0.15, 0.2) is 47.8 Å². The minimum absolute atomic E-state index is 0.155. The van der Waals surface area contributed by atoms with Gasteiger partial charge in [-0.25, -0.2) is 4.79 Å². The molecule has 118 valence electrons. The van der Waals surface area contributed by atoms with Crippen molar-refractivity contribution in [1.82, 2.24) is 10.6 Å². The van der Waals surface area contributed by atoms with Crippen molar-refractivity contribution in [2.45, 2.75) is 25.3 Å². The molecule has 0 spiro atoms. The predicted octanol–water partition coefficient (Wildman–Crippen LogP) is 3.10. The first kappa shape index (κ1) is 16.5. The maximum atomic E-state index is 11.8. The molecule has 1 aromatic carbocycles. The molecule has 1 atom stereocenters. The lowest BCUT2D eigenvalue weighted by Crippen LogP contribution is -2.36. The minimum Gasteiger partial charge on any atom is -0.396 e. The van der Waals surface area contributed by atoms with E-state index in [4.69, 9.17) is 5.11 Å². The van der Waals surface area contributed by atoms with Gasteiger partial charge in [-0.2, -0.15) is 0 Å². The lowest BCUT2D eigenvalue weighted by molar-refractivity contribution is 0.239. The predicted molar refractivity (Wildman–Crippen MR) is 90.1 cm³/mol. The number of aliphatic hydroxyl groups is 1. The fourth-order valence-electron chi connectivity index (χ4n) is 2.31. The molecule has 1 aromatic heterocycles. The average Bonchev–Trinajstić information content (AvgIpc) is 3.07. The van der Waals surface area contributed by atoms with E-state index in [0.717, 1.165) is 18.4 Å². The molecule has 4 nitrogen and oxygen atoms in total. The number of urea groups is 1. The molecular formula is C17H22N2O2S. The number of nitrogens with one attached hydrogen (secondary N) is 2. The molecule has 0 saturated carbocycles. The van der Waals surface area contributed by atoms with E-state index in [1.807, 2.05) is 41.8 Å². The molecule has 2 aromatic rings. The number of aliphatic hydroxyl groups excluding tert-OH is 1. The Labute approximate surface area is 135 Å². The first-order valence-electron chi connectivity index (χ1n) is 7.49. The van der Waals surface area contributed by atoms with Gasteiger partial charge < -0.3 is 15.7 Å². The van der Waals surface area contributed by atoms with Crippen LogP contribution in [0.4, 0.5) is 4.79 Å². The highest BCUT2D eigenvalue weighted by atomic mass is 32.1. The Kier molecular flexibility index (Phi) is 6.93. The van der Waals surface area contributed by atoms with Crippen LogP contribution in [0.25, 0.3) is 0 Å². The first-order valence-corrected chi connectivity index (χ1v) is 8.37. The average molecular weight is 318 g/mol. The number of carbonyl (C=O) groups excluding carboxylic acids is 1. The third-order valence-electron chi connectivity index (χ3n) is 3.50. The Morgan fingerprint density at radius 2 is 1.91 bits per heavy atom. The number of carbonyl (C=O) groups is 1. The fraction of sp³-hybridized carbons (Fsp3) is 0.353.